The van der Waals surface area contributed by atoms with Gasteiger partial charge in [-0.05, 0) is 24.8 Å². The van der Waals surface area contributed by atoms with Crippen molar-refractivity contribution >= 4 is 0 Å². The second-order valence-electron chi connectivity index (χ2n) is 6.65. The van der Waals surface area contributed by atoms with Gasteiger partial charge in [-0.3, -0.25) is 4.90 Å². The lowest BCUT2D eigenvalue weighted by atomic mass is 10.2. The fourth-order valence-electron chi connectivity index (χ4n) is 3.26. The first-order valence-corrected chi connectivity index (χ1v) is 9.63. The zero-order chi connectivity index (χ0) is 17.2. The molecule has 0 bridgehead atoms. The number of hydrogen-bond donors (Lipinski definition) is 0. The summed E-state index contributed by atoms with van der Waals surface area (Å²) < 4.78 is 4.68. The molecule has 132 valence electrons. The van der Waals surface area contributed by atoms with Gasteiger partial charge < -0.3 is 0 Å². The van der Waals surface area contributed by atoms with Gasteiger partial charge >= 0.3 is 0 Å². The van der Waals surface area contributed by atoms with Gasteiger partial charge in [-0.1, -0.05) is 63.9 Å². The number of aromatic nitrogens is 2. The van der Waals surface area contributed by atoms with Crippen LogP contribution in [0.1, 0.15) is 64.6 Å². The molecule has 3 nitrogen and oxygen atoms in total. The normalized spacial score (nSPS) is 12.7. The average molecular weight is 329 g/mol. The van der Waals surface area contributed by atoms with E-state index in [0.717, 1.165) is 13.0 Å². The van der Waals surface area contributed by atoms with Crippen LogP contribution in [-0.4, -0.2) is 22.6 Å². The molecule has 3 heteroatoms. The summed E-state index contributed by atoms with van der Waals surface area (Å²) in [5.41, 5.74) is 1.35. The number of rotatable bonds is 11. The molecule has 0 aliphatic rings. The molecule has 0 N–H and O–H groups in total. The SMILES string of the molecule is CCCCN(CCCC)C(CC)n1cc[n+](Cc2ccccc2)c1. The number of nitrogens with zero attached hydrogens (tertiary/aromatic N) is 3. The van der Waals surface area contributed by atoms with Crippen LogP contribution in [0.3, 0.4) is 0 Å². The van der Waals surface area contributed by atoms with E-state index in [1.807, 2.05) is 0 Å². The van der Waals surface area contributed by atoms with E-state index >= 15 is 0 Å². The number of imidazole rings is 1. The maximum absolute atomic E-state index is 2.67. The first kappa shape index (κ1) is 18.7. The highest BCUT2D eigenvalue weighted by Gasteiger charge is 2.22. The number of benzene rings is 1. The minimum atomic E-state index is 0.472. The van der Waals surface area contributed by atoms with Crippen molar-refractivity contribution in [1.29, 1.82) is 0 Å². The van der Waals surface area contributed by atoms with Crippen LogP contribution in [0, 0.1) is 0 Å². The molecule has 0 saturated heterocycles. The van der Waals surface area contributed by atoms with Crippen LogP contribution in [0.25, 0.3) is 0 Å². The van der Waals surface area contributed by atoms with Crippen LogP contribution < -0.4 is 4.57 Å². The Morgan fingerprint density at radius 2 is 1.67 bits per heavy atom. The molecule has 1 aromatic heterocycles. The zero-order valence-electron chi connectivity index (χ0n) is 15.7. The van der Waals surface area contributed by atoms with Crippen molar-refractivity contribution in [1.82, 2.24) is 9.47 Å². The van der Waals surface area contributed by atoms with Crippen molar-refractivity contribution in [2.24, 2.45) is 0 Å². The highest BCUT2D eigenvalue weighted by Crippen LogP contribution is 2.18. The quantitative estimate of drug-likeness (QED) is 0.548. The smallest absolute Gasteiger partial charge is 0.245 e. The highest BCUT2D eigenvalue weighted by molar-refractivity contribution is 5.13. The van der Waals surface area contributed by atoms with Crippen molar-refractivity contribution in [2.45, 2.75) is 65.6 Å². The fourth-order valence-corrected chi connectivity index (χ4v) is 3.26. The molecule has 0 saturated carbocycles. The van der Waals surface area contributed by atoms with Crippen LogP contribution in [0.2, 0.25) is 0 Å². The Bertz CT molecular complexity index is 553. The van der Waals surface area contributed by atoms with E-state index in [1.54, 1.807) is 0 Å². The third kappa shape index (κ3) is 5.48. The van der Waals surface area contributed by atoms with Crippen molar-refractivity contribution in [3.8, 4) is 0 Å². The molecule has 1 unspecified atom stereocenters. The Labute approximate surface area is 147 Å². The van der Waals surface area contributed by atoms with Crippen LogP contribution in [0.4, 0.5) is 0 Å². The maximum Gasteiger partial charge on any atom is 0.245 e. The maximum atomic E-state index is 2.67. The van der Waals surface area contributed by atoms with Crippen molar-refractivity contribution in [3.05, 3.63) is 54.6 Å². The summed E-state index contributed by atoms with van der Waals surface area (Å²) in [6, 6.07) is 10.7. The second-order valence-corrected chi connectivity index (χ2v) is 6.65. The molecular formula is C21H34N3+. The van der Waals surface area contributed by atoms with E-state index in [2.05, 4.69) is 83.9 Å². The second kappa shape index (κ2) is 10.3. The molecule has 2 aromatic rings. The number of hydrogen-bond acceptors (Lipinski definition) is 1. The predicted octanol–water partition coefficient (Wildman–Crippen LogP) is 4.63. The molecule has 0 fully saturated rings. The van der Waals surface area contributed by atoms with E-state index < -0.39 is 0 Å². The van der Waals surface area contributed by atoms with Crippen LogP contribution in [0.15, 0.2) is 49.1 Å². The molecule has 1 atom stereocenters. The molecule has 1 aromatic carbocycles. The summed E-state index contributed by atoms with van der Waals surface area (Å²) in [6.45, 7) is 10.2. The van der Waals surface area contributed by atoms with E-state index in [0.29, 0.717) is 6.17 Å². The zero-order valence-corrected chi connectivity index (χ0v) is 15.7. The van der Waals surface area contributed by atoms with Crippen molar-refractivity contribution in [2.75, 3.05) is 13.1 Å². The molecule has 1 heterocycles. The third-order valence-corrected chi connectivity index (χ3v) is 4.65. The third-order valence-electron chi connectivity index (χ3n) is 4.65. The summed E-state index contributed by atoms with van der Waals surface area (Å²) in [5.74, 6) is 0. The van der Waals surface area contributed by atoms with Crippen molar-refractivity contribution in [3.63, 3.8) is 0 Å². The standard InChI is InChI=1S/C21H34N3/c1-4-7-14-23(15-8-5-2)21(6-3)24-17-16-22(19-24)18-20-12-10-9-11-13-20/h9-13,16-17,19,21H,4-8,14-15,18H2,1-3H3/q+1. The largest absolute Gasteiger partial charge is 0.265 e. The Morgan fingerprint density at radius 1 is 1.00 bits per heavy atom. The molecule has 2 rings (SSSR count). The molecular weight excluding hydrogens is 294 g/mol. The Morgan fingerprint density at radius 3 is 2.25 bits per heavy atom. The van der Waals surface area contributed by atoms with Gasteiger partial charge in [0, 0.05) is 13.1 Å². The topological polar surface area (TPSA) is 12.1 Å². The molecule has 0 radical (unpaired) electrons. The van der Waals surface area contributed by atoms with E-state index in [1.165, 1.54) is 44.3 Å². The Kier molecular flexibility index (Phi) is 8.03. The minimum absolute atomic E-state index is 0.472. The first-order chi connectivity index (χ1) is 11.8. The lowest BCUT2D eigenvalue weighted by Gasteiger charge is -2.28. The van der Waals surface area contributed by atoms with Gasteiger partial charge in [-0.15, -0.1) is 0 Å². The summed E-state index contributed by atoms with van der Waals surface area (Å²) >= 11 is 0. The lowest BCUT2D eigenvalue weighted by molar-refractivity contribution is -0.688. The van der Waals surface area contributed by atoms with Gasteiger partial charge in [0.15, 0.2) is 6.17 Å². The summed E-state index contributed by atoms with van der Waals surface area (Å²) in [7, 11) is 0. The fraction of sp³-hybridized carbons (Fsp3) is 0.571. The molecule has 24 heavy (non-hydrogen) atoms. The average Bonchev–Trinajstić information content (AvgIpc) is 3.06. The highest BCUT2D eigenvalue weighted by atomic mass is 15.3. The first-order valence-electron chi connectivity index (χ1n) is 9.63. The van der Waals surface area contributed by atoms with E-state index in [-0.39, 0.29) is 0 Å². The molecule has 0 spiro atoms. The van der Waals surface area contributed by atoms with Crippen LogP contribution in [0.5, 0.6) is 0 Å². The minimum Gasteiger partial charge on any atom is -0.265 e. The summed E-state index contributed by atoms with van der Waals surface area (Å²) in [5, 5.41) is 0. The monoisotopic (exact) mass is 328 g/mol. The summed E-state index contributed by atoms with van der Waals surface area (Å²) in [6.07, 6.45) is 13.4. The van der Waals surface area contributed by atoms with Gasteiger partial charge in [0.05, 0.1) is 0 Å². The van der Waals surface area contributed by atoms with E-state index in [4.69, 9.17) is 0 Å². The molecule has 0 aliphatic heterocycles. The summed E-state index contributed by atoms with van der Waals surface area (Å²) in [4.78, 5) is 2.67. The van der Waals surface area contributed by atoms with Gasteiger partial charge in [0.1, 0.15) is 18.9 Å². The lowest BCUT2D eigenvalue weighted by Crippen LogP contribution is -2.36. The van der Waals surface area contributed by atoms with Crippen LogP contribution in [-0.2, 0) is 6.54 Å². The van der Waals surface area contributed by atoms with Gasteiger partial charge in [0.2, 0.25) is 6.33 Å². The van der Waals surface area contributed by atoms with Gasteiger partial charge in [0.25, 0.3) is 0 Å². The molecule has 0 aliphatic carbocycles. The Balaban J connectivity index is 2.07. The Hall–Kier alpha value is -1.61. The number of unbranched alkanes of at least 4 members (excludes halogenated alkanes) is 2. The van der Waals surface area contributed by atoms with Gasteiger partial charge in [-0.25, -0.2) is 9.13 Å². The van der Waals surface area contributed by atoms with E-state index in [9.17, 15) is 0 Å². The van der Waals surface area contributed by atoms with Crippen molar-refractivity contribution < 1.29 is 4.57 Å². The van der Waals surface area contributed by atoms with Gasteiger partial charge in [-0.2, -0.15) is 0 Å². The molecule has 0 amide bonds. The van der Waals surface area contributed by atoms with Crippen LogP contribution >= 0.6 is 0 Å². The predicted molar refractivity (Wildman–Crippen MR) is 101 cm³/mol.